The lowest BCUT2D eigenvalue weighted by Gasteiger charge is -2.09. The van der Waals surface area contributed by atoms with E-state index in [-0.39, 0.29) is 24.2 Å². The molecule has 1 atom stereocenters. The Labute approximate surface area is 105 Å². The third-order valence-corrected chi connectivity index (χ3v) is 3.37. The fraction of sp³-hybridized carbons (Fsp3) is 0.385. The summed E-state index contributed by atoms with van der Waals surface area (Å²) in [5, 5.41) is 9.10. The maximum absolute atomic E-state index is 13.1. The molecule has 0 aliphatic carbocycles. The Hall–Kier alpha value is -1.02. The van der Waals surface area contributed by atoms with Crippen LogP contribution in [0, 0.1) is 17.7 Å². The van der Waals surface area contributed by atoms with Gasteiger partial charge in [0.25, 0.3) is 0 Å². The zero-order valence-corrected chi connectivity index (χ0v) is 10.6. The van der Waals surface area contributed by atoms with Crippen molar-refractivity contribution < 1.29 is 9.50 Å². The van der Waals surface area contributed by atoms with Gasteiger partial charge in [0.2, 0.25) is 0 Å². The van der Waals surface area contributed by atoms with Crippen LogP contribution in [0.3, 0.4) is 0 Å². The number of thioether (sulfide) groups is 1. The highest BCUT2D eigenvalue weighted by atomic mass is 32.2. The van der Waals surface area contributed by atoms with Crippen molar-refractivity contribution in [3.63, 3.8) is 0 Å². The monoisotopic (exact) mass is 253 g/mol. The van der Waals surface area contributed by atoms with E-state index in [0.717, 1.165) is 5.56 Å². The summed E-state index contributed by atoms with van der Waals surface area (Å²) in [5.74, 6) is 6.00. The van der Waals surface area contributed by atoms with Gasteiger partial charge in [-0.25, -0.2) is 4.39 Å². The summed E-state index contributed by atoms with van der Waals surface area (Å²) in [6.07, 6.45) is 0. The Kier molecular flexibility index (Phi) is 6.06. The van der Waals surface area contributed by atoms with Gasteiger partial charge in [-0.1, -0.05) is 24.8 Å². The van der Waals surface area contributed by atoms with Crippen molar-refractivity contribution in [2.45, 2.75) is 17.9 Å². The molecule has 1 aromatic rings. The molecule has 3 N–H and O–H groups in total. The van der Waals surface area contributed by atoms with Crippen molar-refractivity contribution >= 4 is 11.8 Å². The molecular formula is C13H16FNOS. The van der Waals surface area contributed by atoms with Crippen molar-refractivity contribution in [2.24, 2.45) is 5.73 Å². The van der Waals surface area contributed by atoms with Crippen molar-refractivity contribution in [2.75, 3.05) is 13.2 Å². The predicted molar refractivity (Wildman–Crippen MR) is 70.2 cm³/mol. The molecule has 1 aromatic carbocycles. The van der Waals surface area contributed by atoms with Gasteiger partial charge >= 0.3 is 0 Å². The number of hydrogen-bond donors (Lipinski definition) is 2. The summed E-state index contributed by atoms with van der Waals surface area (Å²) in [4.78, 5) is 0. The van der Waals surface area contributed by atoms with Gasteiger partial charge in [-0.05, 0) is 17.7 Å². The van der Waals surface area contributed by atoms with E-state index in [2.05, 4.69) is 11.8 Å². The SMILES string of the molecule is CC(CO)SCc1ccc(F)cc1C#CCN. The summed E-state index contributed by atoms with van der Waals surface area (Å²) in [6.45, 7) is 2.34. The van der Waals surface area contributed by atoms with E-state index in [1.807, 2.05) is 6.92 Å². The summed E-state index contributed by atoms with van der Waals surface area (Å²) in [5.41, 5.74) is 6.95. The highest BCUT2D eigenvalue weighted by Crippen LogP contribution is 2.20. The first kappa shape index (κ1) is 14.0. The van der Waals surface area contributed by atoms with Gasteiger partial charge in [0.1, 0.15) is 5.82 Å². The van der Waals surface area contributed by atoms with Gasteiger partial charge in [0.15, 0.2) is 0 Å². The standard InChI is InChI=1S/C13H16FNOS/c1-10(8-16)17-9-12-4-5-13(14)7-11(12)3-2-6-15/h4-5,7,10,16H,6,8-9,15H2,1H3. The Morgan fingerprint density at radius 3 is 2.94 bits per heavy atom. The van der Waals surface area contributed by atoms with Gasteiger partial charge in [-0.2, -0.15) is 11.8 Å². The van der Waals surface area contributed by atoms with Crippen LogP contribution in [0.25, 0.3) is 0 Å². The molecule has 0 aliphatic heterocycles. The topological polar surface area (TPSA) is 46.2 Å². The molecule has 2 nitrogen and oxygen atoms in total. The first-order valence-corrected chi connectivity index (χ1v) is 6.42. The molecule has 4 heteroatoms. The predicted octanol–water partition coefficient (Wildman–Crippen LogP) is 1.75. The second kappa shape index (κ2) is 7.33. The summed E-state index contributed by atoms with van der Waals surface area (Å²) < 4.78 is 13.1. The zero-order valence-electron chi connectivity index (χ0n) is 9.74. The number of nitrogens with two attached hydrogens (primary N) is 1. The zero-order chi connectivity index (χ0) is 12.7. The van der Waals surface area contributed by atoms with Crippen LogP contribution < -0.4 is 5.73 Å². The van der Waals surface area contributed by atoms with Gasteiger partial charge in [-0.15, -0.1) is 0 Å². The van der Waals surface area contributed by atoms with Crippen molar-refractivity contribution in [1.82, 2.24) is 0 Å². The fourth-order valence-corrected chi connectivity index (χ4v) is 2.04. The summed E-state index contributed by atoms with van der Waals surface area (Å²) in [6, 6.07) is 4.57. The largest absolute Gasteiger partial charge is 0.395 e. The van der Waals surface area contributed by atoms with Crippen LogP contribution in [0.1, 0.15) is 18.1 Å². The fourth-order valence-electron chi connectivity index (χ4n) is 1.22. The molecule has 0 heterocycles. The van der Waals surface area contributed by atoms with Crippen LogP contribution in [0.2, 0.25) is 0 Å². The molecular weight excluding hydrogens is 237 g/mol. The minimum absolute atomic E-state index is 0.135. The molecule has 0 saturated heterocycles. The lowest BCUT2D eigenvalue weighted by Crippen LogP contribution is -2.03. The van der Waals surface area contributed by atoms with E-state index in [1.165, 1.54) is 12.1 Å². The molecule has 0 amide bonds. The molecule has 0 radical (unpaired) electrons. The second-order valence-electron chi connectivity index (χ2n) is 3.61. The minimum Gasteiger partial charge on any atom is -0.395 e. The van der Waals surface area contributed by atoms with Crippen LogP contribution >= 0.6 is 11.8 Å². The van der Waals surface area contributed by atoms with Crippen LogP contribution in [-0.2, 0) is 5.75 Å². The highest BCUT2D eigenvalue weighted by Gasteiger charge is 2.05. The number of halogens is 1. The van der Waals surface area contributed by atoms with E-state index >= 15 is 0 Å². The number of benzene rings is 1. The number of hydrogen-bond acceptors (Lipinski definition) is 3. The number of rotatable bonds is 4. The molecule has 0 bridgehead atoms. The average Bonchev–Trinajstić information content (AvgIpc) is 2.34. The Morgan fingerprint density at radius 1 is 1.53 bits per heavy atom. The normalized spacial score (nSPS) is 11.8. The maximum atomic E-state index is 13.1. The lowest BCUT2D eigenvalue weighted by atomic mass is 10.1. The quantitative estimate of drug-likeness (QED) is 0.804. The van der Waals surface area contributed by atoms with Crippen LogP contribution in [-0.4, -0.2) is 23.5 Å². The van der Waals surface area contributed by atoms with Crippen LogP contribution in [0.15, 0.2) is 18.2 Å². The van der Waals surface area contributed by atoms with Crippen molar-refractivity contribution in [1.29, 1.82) is 0 Å². The van der Waals surface area contributed by atoms with Gasteiger partial charge < -0.3 is 10.8 Å². The molecule has 0 aromatic heterocycles. The van der Waals surface area contributed by atoms with Gasteiger partial charge in [0, 0.05) is 16.6 Å². The van der Waals surface area contributed by atoms with Crippen LogP contribution in [0.5, 0.6) is 0 Å². The third kappa shape index (κ3) is 4.78. The molecule has 17 heavy (non-hydrogen) atoms. The molecule has 0 spiro atoms. The Morgan fingerprint density at radius 2 is 2.29 bits per heavy atom. The number of aliphatic hydroxyl groups is 1. The van der Waals surface area contributed by atoms with Crippen LogP contribution in [0.4, 0.5) is 4.39 Å². The molecule has 1 unspecified atom stereocenters. The van der Waals surface area contributed by atoms with E-state index in [4.69, 9.17) is 10.8 Å². The summed E-state index contributed by atoms with van der Waals surface area (Å²) in [7, 11) is 0. The lowest BCUT2D eigenvalue weighted by molar-refractivity contribution is 0.300. The van der Waals surface area contributed by atoms with E-state index in [0.29, 0.717) is 11.3 Å². The first-order valence-electron chi connectivity index (χ1n) is 5.37. The second-order valence-corrected chi connectivity index (χ2v) is 5.04. The van der Waals surface area contributed by atoms with Gasteiger partial charge in [0.05, 0.1) is 13.2 Å². The van der Waals surface area contributed by atoms with E-state index < -0.39 is 0 Å². The highest BCUT2D eigenvalue weighted by molar-refractivity contribution is 7.99. The molecule has 0 fully saturated rings. The van der Waals surface area contributed by atoms with Crippen molar-refractivity contribution in [3.8, 4) is 11.8 Å². The smallest absolute Gasteiger partial charge is 0.124 e. The Balaban J connectivity index is 2.82. The maximum Gasteiger partial charge on any atom is 0.124 e. The minimum atomic E-state index is -0.296. The average molecular weight is 253 g/mol. The van der Waals surface area contributed by atoms with E-state index in [1.54, 1.807) is 17.8 Å². The van der Waals surface area contributed by atoms with Gasteiger partial charge in [-0.3, -0.25) is 0 Å². The molecule has 0 saturated carbocycles. The van der Waals surface area contributed by atoms with E-state index in [9.17, 15) is 4.39 Å². The molecule has 0 aliphatic rings. The number of aliphatic hydroxyl groups excluding tert-OH is 1. The third-order valence-electron chi connectivity index (χ3n) is 2.18. The first-order chi connectivity index (χ1) is 8.17. The molecule has 1 rings (SSSR count). The molecule has 92 valence electrons. The van der Waals surface area contributed by atoms with Crippen molar-refractivity contribution in [3.05, 3.63) is 35.1 Å². The Bertz CT molecular complexity index is 425. The summed E-state index contributed by atoms with van der Waals surface area (Å²) >= 11 is 1.61.